The molecule has 0 aliphatic carbocycles. The maximum Gasteiger partial charge on any atom is -0.0233 e. The van der Waals surface area contributed by atoms with Crippen molar-refractivity contribution in [3.05, 3.63) is 85.1 Å². The molecule has 0 bridgehead atoms. The van der Waals surface area contributed by atoms with Crippen molar-refractivity contribution >= 4 is 0 Å². The average molecular weight is 212 g/mol. The first-order valence-electron chi connectivity index (χ1n) is 5.25. The second kappa shape index (κ2) is 8.49. The monoisotopic (exact) mass is 212 g/mol. The van der Waals surface area contributed by atoms with Gasteiger partial charge in [-0.05, 0) is 25.0 Å². The predicted octanol–water partition coefficient (Wildman–Crippen LogP) is 4.92. The molecule has 0 nitrogen and oxygen atoms in total. The molecule has 0 radical (unpaired) electrons. The largest absolute Gasteiger partial charge is 0.0991 e. The quantitative estimate of drug-likeness (QED) is 0.548. The fourth-order valence-electron chi connectivity index (χ4n) is 1.02. The van der Waals surface area contributed by atoms with E-state index in [9.17, 15) is 0 Å². The Kier molecular flexibility index (Phi) is 7.52. The van der Waals surface area contributed by atoms with Gasteiger partial charge in [0.1, 0.15) is 0 Å². The van der Waals surface area contributed by atoms with Gasteiger partial charge in [0.05, 0.1) is 0 Å². The van der Waals surface area contributed by atoms with E-state index in [4.69, 9.17) is 0 Å². The lowest BCUT2D eigenvalue weighted by Gasteiger charge is -1.99. The normalized spacial score (nSPS) is 14.0. The Bertz CT molecular complexity index is 371. The van der Waals surface area contributed by atoms with Crippen molar-refractivity contribution in [2.75, 3.05) is 0 Å². The van der Waals surface area contributed by atoms with Crippen LogP contribution in [0.3, 0.4) is 0 Å². The van der Waals surface area contributed by atoms with Gasteiger partial charge in [-0.2, -0.15) is 0 Å². The molecule has 0 fully saturated rings. The molecule has 0 aliphatic heterocycles. The molecule has 16 heavy (non-hydrogen) atoms. The maximum absolute atomic E-state index is 3.80. The topological polar surface area (TPSA) is 0 Å². The Hall–Kier alpha value is -1.82. The first-order chi connectivity index (χ1) is 7.65. The summed E-state index contributed by atoms with van der Waals surface area (Å²) in [5, 5.41) is 0. The Morgan fingerprint density at radius 2 is 1.50 bits per heavy atom. The van der Waals surface area contributed by atoms with Crippen LogP contribution in [0.5, 0.6) is 0 Å². The van der Waals surface area contributed by atoms with E-state index in [1.54, 1.807) is 6.08 Å². The number of hydrogen-bond acceptors (Lipinski definition) is 0. The summed E-state index contributed by atoms with van der Waals surface area (Å²) in [5.74, 6) is 0. The highest BCUT2D eigenvalue weighted by Crippen LogP contribution is 2.11. The lowest BCUT2D eigenvalue weighted by atomic mass is 10.1. The van der Waals surface area contributed by atoms with Crippen molar-refractivity contribution in [1.82, 2.24) is 0 Å². The molecule has 0 saturated heterocycles. The van der Waals surface area contributed by atoms with Crippen LogP contribution in [0.4, 0.5) is 0 Å². The Morgan fingerprint density at radius 1 is 0.812 bits per heavy atom. The van der Waals surface area contributed by atoms with E-state index >= 15 is 0 Å². The second-order valence-electron chi connectivity index (χ2n) is 3.41. The van der Waals surface area contributed by atoms with Crippen LogP contribution in [0.1, 0.15) is 13.8 Å². The molecule has 0 heteroatoms. The van der Waals surface area contributed by atoms with Gasteiger partial charge < -0.3 is 0 Å². The van der Waals surface area contributed by atoms with E-state index in [1.165, 1.54) is 5.57 Å². The van der Waals surface area contributed by atoms with Gasteiger partial charge in [0, 0.05) is 0 Å². The van der Waals surface area contributed by atoms with Crippen molar-refractivity contribution in [2.45, 2.75) is 13.8 Å². The fraction of sp³-hybridized carbons (Fsp3) is 0.125. The minimum absolute atomic E-state index is 1.10. The Labute approximate surface area is 99.4 Å². The summed E-state index contributed by atoms with van der Waals surface area (Å²) in [6.07, 6.45) is 15.4. The molecule has 0 aromatic heterocycles. The van der Waals surface area contributed by atoms with E-state index in [2.05, 4.69) is 32.7 Å². The third-order valence-corrected chi connectivity index (χ3v) is 2.12. The molecule has 0 amide bonds. The van der Waals surface area contributed by atoms with Gasteiger partial charge in [0.2, 0.25) is 0 Å². The SMILES string of the molecule is C=C\C=C/C=C(C=C)/C(C)=C/C=C(/C)C=C. The smallest absolute Gasteiger partial charge is 0.0233 e. The van der Waals surface area contributed by atoms with Gasteiger partial charge >= 0.3 is 0 Å². The van der Waals surface area contributed by atoms with Gasteiger partial charge in [0.25, 0.3) is 0 Å². The highest BCUT2D eigenvalue weighted by atomic mass is 14.0. The molecular weight excluding hydrogens is 192 g/mol. The van der Waals surface area contributed by atoms with Gasteiger partial charge in [0.15, 0.2) is 0 Å². The first-order valence-corrected chi connectivity index (χ1v) is 5.25. The summed E-state index contributed by atoms with van der Waals surface area (Å²) < 4.78 is 0. The van der Waals surface area contributed by atoms with Crippen molar-refractivity contribution in [1.29, 1.82) is 0 Å². The van der Waals surface area contributed by atoms with Crippen LogP contribution < -0.4 is 0 Å². The Morgan fingerprint density at radius 3 is 2.00 bits per heavy atom. The van der Waals surface area contributed by atoms with Crippen LogP contribution in [0.15, 0.2) is 85.1 Å². The van der Waals surface area contributed by atoms with Gasteiger partial charge in [-0.15, -0.1) is 0 Å². The van der Waals surface area contributed by atoms with E-state index in [1.807, 2.05) is 43.4 Å². The average Bonchev–Trinajstić information content (AvgIpc) is 2.31. The summed E-state index contributed by atoms with van der Waals surface area (Å²) in [4.78, 5) is 0. The zero-order valence-electron chi connectivity index (χ0n) is 10.2. The maximum atomic E-state index is 3.80. The van der Waals surface area contributed by atoms with Crippen LogP contribution in [-0.2, 0) is 0 Å². The van der Waals surface area contributed by atoms with E-state index < -0.39 is 0 Å². The number of allylic oxidation sites excluding steroid dienone is 11. The van der Waals surface area contributed by atoms with Crippen LogP contribution in [-0.4, -0.2) is 0 Å². The third kappa shape index (κ3) is 5.82. The van der Waals surface area contributed by atoms with Crippen molar-refractivity contribution in [3.8, 4) is 0 Å². The molecule has 0 rings (SSSR count). The van der Waals surface area contributed by atoms with Gasteiger partial charge in [-0.25, -0.2) is 0 Å². The van der Waals surface area contributed by atoms with Crippen LogP contribution >= 0.6 is 0 Å². The van der Waals surface area contributed by atoms with Gasteiger partial charge in [-0.1, -0.05) is 73.9 Å². The molecule has 0 atom stereocenters. The molecule has 0 aromatic rings. The lowest BCUT2D eigenvalue weighted by Crippen LogP contribution is -1.79. The summed E-state index contributed by atoms with van der Waals surface area (Å²) in [6, 6.07) is 0. The summed E-state index contributed by atoms with van der Waals surface area (Å²) >= 11 is 0. The molecule has 0 saturated carbocycles. The van der Waals surface area contributed by atoms with Crippen LogP contribution in [0.25, 0.3) is 0 Å². The summed E-state index contributed by atoms with van der Waals surface area (Å²) in [7, 11) is 0. The third-order valence-electron chi connectivity index (χ3n) is 2.12. The lowest BCUT2D eigenvalue weighted by molar-refractivity contribution is 1.41. The molecule has 0 spiro atoms. The molecule has 0 N–H and O–H groups in total. The summed E-state index contributed by atoms with van der Waals surface area (Å²) in [6.45, 7) is 15.2. The summed E-state index contributed by atoms with van der Waals surface area (Å²) in [5.41, 5.74) is 3.42. The Balaban J connectivity index is 4.90. The second-order valence-corrected chi connectivity index (χ2v) is 3.41. The zero-order valence-corrected chi connectivity index (χ0v) is 10.2. The molecule has 0 unspecified atom stereocenters. The van der Waals surface area contributed by atoms with Crippen LogP contribution in [0.2, 0.25) is 0 Å². The number of rotatable bonds is 6. The molecular formula is C16H20. The fourth-order valence-corrected chi connectivity index (χ4v) is 1.02. The first kappa shape index (κ1) is 14.2. The predicted molar refractivity (Wildman–Crippen MR) is 75.3 cm³/mol. The molecule has 0 aliphatic rings. The van der Waals surface area contributed by atoms with E-state index in [0.717, 1.165) is 11.1 Å². The zero-order chi connectivity index (χ0) is 12.4. The molecule has 84 valence electrons. The van der Waals surface area contributed by atoms with E-state index in [-0.39, 0.29) is 0 Å². The highest BCUT2D eigenvalue weighted by molar-refractivity contribution is 5.42. The number of hydrogen-bond donors (Lipinski definition) is 0. The van der Waals surface area contributed by atoms with E-state index in [0.29, 0.717) is 0 Å². The standard InChI is InChI=1S/C16H20/c1-6-9-10-11-16(8-3)15(5)13-12-14(4)7-2/h6-13H,1-3H2,4-5H3/b10-9-,14-12-,15-13+,16-11+. The van der Waals surface area contributed by atoms with Gasteiger partial charge in [-0.3, -0.25) is 0 Å². The van der Waals surface area contributed by atoms with Crippen molar-refractivity contribution in [3.63, 3.8) is 0 Å². The minimum Gasteiger partial charge on any atom is -0.0991 e. The minimum atomic E-state index is 1.10. The molecule has 0 aromatic carbocycles. The van der Waals surface area contributed by atoms with Crippen molar-refractivity contribution in [2.24, 2.45) is 0 Å². The van der Waals surface area contributed by atoms with Crippen molar-refractivity contribution < 1.29 is 0 Å². The molecule has 0 heterocycles. The highest BCUT2D eigenvalue weighted by Gasteiger charge is 1.91. The van der Waals surface area contributed by atoms with Crippen LogP contribution in [0, 0.1) is 0 Å².